The van der Waals surface area contributed by atoms with E-state index in [2.05, 4.69) is 5.32 Å². The molecule has 2 aromatic carbocycles. The number of anilines is 1. The van der Waals surface area contributed by atoms with Gasteiger partial charge in [0.25, 0.3) is 11.6 Å². The number of aryl methyl sites for hydroxylation is 3. The minimum Gasteiger partial charge on any atom is -0.495 e. The fourth-order valence-electron chi connectivity index (χ4n) is 2.92. The van der Waals surface area contributed by atoms with Gasteiger partial charge in [0.1, 0.15) is 5.75 Å². The molecule has 0 spiro atoms. The van der Waals surface area contributed by atoms with E-state index in [1.807, 2.05) is 19.1 Å². The molecule has 1 N–H and O–H groups in total. The molecule has 148 valence electrons. The second-order valence-electron chi connectivity index (χ2n) is 6.45. The second-order valence-corrected chi connectivity index (χ2v) is 6.45. The first-order valence-electron chi connectivity index (χ1n) is 8.56. The van der Waals surface area contributed by atoms with E-state index < -0.39 is 22.9 Å². The lowest BCUT2D eigenvalue weighted by Gasteiger charge is -2.17. The summed E-state index contributed by atoms with van der Waals surface area (Å²) in [5.41, 5.74) is 2.87. The maximum atomic E-state index is 12.5. The van der Waals surface area contributed by atoms with Gasteiger partial charge in [-0.1, -0.05) is 17.7 Å². The Balaban J connectivity index is 2.17. The van der Waals surface area contributed by atoms with Crippen LogP contribution in [-0.4, -0.2) is 30.0 Å². The third-order valence-electron chi connectivity index (χ3n) is 4.19. The number of nitrogens with one attached hydrogen (secondary N) is 1. The van der Waals surface area contributed by atoms with Crippen molar-refractivity contribution in [2.45, 2.75) is 33.8 Å². The molecule has 0 aromatic heterocycles. The van der Waals surface area contributed by atoms with Gasteiger partial charge in [0.2, 0.25) is 0 Å². The average molecular weight is 386 g/mol. The zero-order valence-corrected chi connectivity index (χ0v) is 16.4. The summed E-state index contributed by atoms with van der Waals surface area (Å²) in [6.07, 6.45) is -1.11. The molecule has 1 atom stereocenters. The van der Waals surface area contributed by atoms with Gasteiger partial charge < -0.3 is 14.8 Å². The summed E-state index contributed by atoms with van der Waals surface area (Å²) in [6.45, 7) is 6.96. The molecule has 0 radical (unpaired) electrons. The third kappa shape index (κ3) is 4.64. The summed E-state index contributed by atoms with van der Waals surface area (Å²) in [4.78, 5) is 35.3. The van der Waals surface area contributed by atoms with Crippen molar-refractivity contribution >= 4 is 23.3 Å². The van der Waals surface area contributed by atoms with E-state index in [1.165, 1.54) is 32.2 Å². The Morgan fingerprint density at radius 2 is 1.71 bits per heavy atom. The molecule has 1 unspecified atom stereocenters. The van der Waals surface area contributed by atoms with Crippen molar-refractivity contribution in [1.82, 2.24) is 0 Å². The number of carbonyl (C=O) groups is 2. The van der Waals surface area contributed by atoms with Crippen LogP contribution >= 0.6 is 0 Å². The van der Waals surface area contributed by atoms with E-state index >= 15 is 0 Å². The monoisotopic (exact) mass is 386 g/mol. The van der Waals surface area contributed by atoms with Crippen LogP contribution < -0.4 is 10.1 Å². The van der Waals surface area contributed by atoms with Crippen LogP contribution in [0.4, 0.5) is 11.4 Å². The fourth-order valence-corrected chi connectivity index (χ4v) is 2.92. The maximum Gasteiger partial charge on any atom is 0.339 e. The van der Waals surface area contributed by atoms with Crippen LogP contribution in [0.15, 0.2) is 30.3 Å². The van der Waals surface area contributed by atoms with Gasteiger partial charge in [-0.05, 0) is 44.9 Å². The topological polar surface area (TPSA) is 108 Å². The molecule has 28 heavy (non-hydrogen) atoms. The molecule has 0 saturated heterocycles. The summed E-state index contributed by atoms with van der Waals surface area (Å²) in [6, 6.07) is 7.55. The van der Waals surface area contributed by atoms with Gasteiger partial charge in [-0.2, -0.15) is 0 Å². The highest BCUT2D eigenvalue weighted by Gasteiger charge is 2.23. The molecular weight excluding hydrogens is 364 g/mol. The Kier molecular flexibility index (Phi) is 6.35. The Labute approximate surface area is 162 Å². The average Bonchev–Trinajstić information content (AvgIpc) is 2.60. The smallest absolute Gasteiger partial charge is 0.339 e. The number of ether oxygens (including phenoxy) is 2. The maximum absolute atomic E-state index is 12.5. The zero-order chi connectivity index (χ0) is 21.0. The summed E-state index contributed by atoms with van der Waals surface area (Å²) < 4.78 is 10.4. The molecule has 2 aromatic rings. The van der Waals surface area contributed by atoms with Crippen LogP contribution in [-0.2, 0) is 9.53 Å². The van der Waals surface area contributed by atoms with Crippen LogP contribution in [0.1, 0.15) is 34.0 Å². The molecular formula is C20H22N2O6. The normalized spacial score (nSPS) is 11.5. The van der Waals surface area contributed by atoms with Gasteiger partial charge in [0.05, 0.1) is 23.3 Å². The van der Waals surface area contributed by atoms with Gasteiger partial charge in [0, 0.05) is 12.1 Å². The van der Waals surface area contributed by atoms with Crippen LogP contribution in [0, 0.1) is 30.9 Å². The lowest BCUT2D eigenvalue weighted by Crippen LogP contribution is -2.30. The van der Waals surface area contributed by atoms with Gasteiger partial charge in [-0.15, -0.1) is 0 Å². The van der Waals surface area contributed by atoms with E-state index in [0.29, 0.717) is 5.56 Å². The number of nitro groups is 1. The van der Waals surface area contributed by atoms with Gasteiger partial charge >= 0.3 is 5.97 Å². The molecule has 0 fully saturated rings. The van der Waals surface area contributed by atoms with Crippen LogP contribution in [0.3, 0.4) is 0 Å². The van der Waals surface area contributed by atoms with Crippen molar-refractivity contribution < 1.29 is 24.0 Å². The predicted octanol–water partition coefficient (Wildman–Crippen LogP) is 3.71. The highest BCUT2D eigenvalue weighted by molar-refractivity contribution is 5.99. The molecule has 0 heterocycles. The fraction of sp³-hybridized carbons (Fsp3) is 0.300. The number of carbonyl (C=O) groups excluding carboxylic acids is 2. The van der Waals surface area contributed by atoms with Gasteiger partial charge in [0.15, 0.2) is 6.10 Å². The number of benzene rings is 2. The summed E-state index contributed by atoms with van der Waals surface area (Å²) in [5, 5.41) is 13.5. The number of hydrogen-bond donors (Lipinski definition) is 1. The largest absolute Gasteiger partial charge is 0.495 e. The predicted molar refractivity (Wildman–Crippen MR) is 104 cm³/mol. The van der Waals surface area contributed by atoms with Crippen LogP contribution in [0.5, 0.6) is 5.75 Å². The Morgan fingerprint density at radius 3 is 2.25 bits per heavy atom. The van der Waals surface area contributed by atoms with Gasteiger partial charge in [-0.3, -0.25) is 14.9 Å². The molecule has 0 aliphatic heterocycles. The van der Waals surface area contributed by atoms with Crippen molar-refractivity contribution in [3.05, 3.63) is 62.7 Å². The molecule has 0 aliphatic rings. The minimum atomic E-state index is -1.11. The van der Waals surface area contributed by atoms with E-state index in [9.17, 15) is 19.7 Å². The second kappa shape index (κ2) is 8.51. The first kappa shape index (κ1) is 20.9. The highest BCUT2D eigenvalue weighted by atomic mass is 16.6. The highest BCUT2D eigenvalue weighted by Crippen LogP contribution is 2.29. The van der Waals surface area contributed by atoms with E-state index in [4.69, 9.17) is 9.47 Å². The number of nitrogens with zero attached hydrogens (tertiary/aromatic N) is 1. The Morgan fingerprint density at radius 1 is 1.11 bits per heavy atom. The number of non-ortho nitro benzene ring substituents is 1. The first-order chi connectivity index (χ1) is 13.1. The molecule has 0 saturated carbocycles. The standard InChI is InChI=1S/C20H22N2O6/c1-11-8-12(2)18(13(3)9-11)20(24)28-14(4)19(23)21-16-10-15(22(25)26)6-7-17(16)27-5/h6-10,14H,1-5H3,(H,21,23). The zero-order valence-electron chi connectivity index (χ0n) is 16.4. The quantitative estimate of drug-likeness (QED) is 0.461. The molecule has 0 bridgehead atoms. The molecule has 8 nitrogen and oxygen atoms in total. The van der Waals surface area contributed by atoms with Gasteiger partial charge in [-0.25, -0.2) is 4.79 Å². The number of esters is 1. The summed E-state index contributed by atoms with van der Waals surface area (Å²) in [5.74, 6) is -0.985. The first-order valence-corrected chi connectivity index (χ1v) is 8.56. The Hall–Kier alpha value is -3.42. The van der Waals surface area contributed by atoms with Crippen molar-refractivity contribution in [3.8, 4) is 5.75 Å². The lowest BCUT2D eigenvalue weighted by molar-refractivity contribution is -0.384. The molecule has 2 rings (SSSR count). The van der Waals surface area contributed by atoms with E-state index in [0.717, 1.165) is 16.7 Å². The summed E-state index contributed by atoms with van der Waals surface area (Å²) >= 11 is 0. The molecule has 8 heteroatoms. The molecule has 0 aliphatic carbocycles. The number of nitro benzene ring substituents is 1. The number of rotatable bonds is 6. The number of amides is 1. The minimum absolute atomic E-state index is 0.118. The Bertz CT molecular complexity index is 915. The third-order valence-corrected chi connectivity index (χ3v) is 4.19. The van der Waals surface area contributed by atoms with Crippen LogP contribution in [0.2, 0.25) is 0 Å². The van der Waals surface area contributed by atoms with E-state index in [1.54, 1.807) is 13.8 Å². The van der Waals surface area contributed by atoms with E-state index in [-0.39, 0.29) is 17.1 Å². The summed E-state index contributed by atoms with van der Waals surface area (Å²) in [7, 11) is 1.38. The number of methoxy groups -OCH3 is 1. The van der Waals surface area contributed by atoms with Crippen molar-refractivity contribution in [2.75, 3.05) is 12.4 Å². The van der Waals surface area contributed by atoms with Crippen LogP contribution in [0.25, 0.3) is 0 Å². The van der Waals surface area contributed by atoms with Crippen molar-refractivity contribution in [2.24, 2.45) is 0 Å². The van der Waals surface area contributed by atoms with Crippen molar-refractivity contribution in [1.29, 1.82) is 0 Å². The SMILES string of the molecule is COc1ccc([N+](=O)[O-])cc1NC(=O)C(C)OC(=O)c1c(C)cc(C)cc1C. The lowest BCUT2D eigenvalue weighted by atomic mass is 10.00. The van der Waals surface area contributed by atoms with Crippen molar-refractivity contribution in [3.63, 3.8) is 0 Å². The molecule has 1 amide bonds. The number of hydrogen-bond acceptors (Lipinski definition) is 6.